The lowest BCUT2D eigenvalue weighted by atomic mass is 9.92. The Bertz CT molecular complexity index is 1140. The second kappa shape index (κ2) is 6.38. The molecule has 0 aliphatic heterocycles. The van der Waals surface area contributed by atoms with Crippen LogP contribution in [-0.4, -0.2) is 31.6 Å². The van der Waals surface area contributed by atoms with E-state index in [0.29, 0.717) is 41.9 Å². The molecular formula is C21H20FN5O2. The summed E-state index contributed by atoms with van der Waals surface area (Å²) in [6.45, 7) is 0. The molecule has 0 bridgehead atoms. The number of nitrogens with two attached hydrogens (primary N) is 1. The zero-order valence-electron chi connectivity index (χ0n) is 15.6. The Morgan fingerprint density at radius 1 is 1.31 bits per heavy atom. The number of hydrogen-bond acceptors (Lipinski definition) is 5. The zero-order valence-corrected chi connectivity index (χ0v) is 15.6. The molecule has 0 atom stereocenters. The summed E-state index contributed by atoms with van der Waals surface area (Å²) in [6.07, 6.45) is 5.24. The normalized spacial score (nSPS) is 16.1. The topological polar surface area (TPSA) is 117 Å². The predicted molar refractivity (Wildman–Crippen MR) is 106 cm³/mol. The van der Waals surface area contributed by atoms with Crippen LogP contribution in [0.1, 0.15) is 40.0 Å². The van der Waals surface area contributed by atoms with Crippen molar-refractivity contribution in [3.05, 3.63) is 58.7 Å². The average Bonchev–Trinajstić information content (AvgIpc) is 3.29. The number of aromatic nitrogens is 3. The minimum Gasteiger partial charge on any atom is -0.478 e. The van der Waals surface area contributed by atoms with Crippen molar-refractivity contribution in [2.45, 2.75) is 37.6 Å². The van der Waals surface area contributed by atoms with Crippen molar-refractivity contribution >= 4 is 17.6 Å². The molecule has 2 aromatic heterocycles. The quantitative estimate of drug-likeness (QED) is 0.529. The van der Waals surface area contributed by atoms with Gasteiger partial charge in [0.15, 0.2) is 0 Å². The highest BCUT2D eigenvalue weighted by molar-refractivity contribution is 5.94. The summed E-state index contributed by atoms with van der Waals surface area (Å²) in [5.74, 6) is -1.10. The number of nitrogens with zero attached hydrogens (tertiary/aromatic N) is 2. The molecule has 1 aromatic carbocycles. The van der Waals surface area contributed by atoms with E-state index < -0.39 is 11.8 Å². The Morgan fingerprint density at radius 3 is 2.83 bits per heavy atom. The van der Waals surface area contributed by atoms with Crippen molar-refractivity contribution in [2.24, 2.45) is 5.73 Å². The van der Waals surface area contributed by atoms with Gasteiger partial charge in [-0.25, -0.2) is 19.2 Å². The summed E-state index contributed by atoms with van der Waals surface area (Å²) >= 11 is 0. The van der Waals surface area contributed by atoms with E-state index in [-0.39, 0.29) is 17.2 Å². The van der Waals surface area contributed by atoms with Crippen LogP contribution < -0.4 is 11.1 Å². The van der Waals surface area contributed by atoms with E-state index in [1.807, 2.05) is 0 Å². The Morgan fingerprint density at radius 2 is 2.10 bits per heavy atom. The van der Waals surface area contributed by atoms with Crippen LogP contribution in [0.2, 0.25) is 0 Å². The molecule has 0 saturated heterocycles. The zero-order chi connectivity index (χ0) is 20.2. The SMILES string of the molecule is NC1(Cc2[nH]c3c(c2C(=O)O)CCc2cnc(Nc4ccccc4F)nc2-3)CC1. The maximum absolute atomic E-state index is 14.0. The highest BCUT2D eigenvalue weighted by atomic mass is 19.1. The summed E-state index contributed by atoms with van der Waals surface area (Å²) < 4.78 is 14.0. The number of nitrogens with one attached hydrogen (secondary N) is 2. The number of carbonyl (C=O) groups is 1. The van der Waals surface area contributed by atoms with Gasteiger partial charge in [0.1, 0.15) is 5.82 Å². The third-order valence-corrected chi connectivity index (χ3v) is 5.68. The summed E-state index contributed by atoms with van der Waals surface area (Å²) in [5.41, 5.74) is 10.2. The molecule has 0 unspecified atom stereocenters. The number of aromatic amines is 1. The number of hydrogen-bond donors (Lipinski definition) is 4. The van der Waals surface area contributed by atoms with Crippen molar-refractivity contribution in [3.63, 3.8) is 0 Å². The largest absolute Gasteiger partial charge is 0.478 e. The van der Waals surface area contributed by atoms with Gasteiger partial charge in [-0.15, -0.1) is 0 Å². The van der Waals surface area contributed by atoms with Crippen LogP contribution in [0, 0.1) is 5.82 Å². The molecule has 148 valence electrons. The fourth-order valence-corrected chi connectivity index (χ4v) is 3.94. The fraction of sp³-hybridized carbons (Fsp3) is 0.286. The molecule has 0 spiro atoms. The molecule has 5 rings (SSSR count). The summed E-state index contributed by atoms with van der Waals surface area (Å²) in [5, 5.41) is 12.7. The third kappa shape index (κ3) is 3.15. The number of benzene rings is 1. The van der Waals surface area contributed by atoms with Crippen molar-refractivity contribution in [1.29, 1.82) is 0 Å². The van der Waals surface area contributed by atoms with Gasteiger partial charge >= 0.3 is 5.97 Å². The monoisotopic (exact) mass is 393 g/mol. The van der Waals surface area contributed by atoms with Gasteiger partial charge in [0.2, 0.25) is 5.95 Å². The molecule has 1 saturated carbocycles. The van der Waals surface area contributed by atoms with Gasteiger partial charge in [0.25, 0.3) is 0 Å². The van der Waals surface area contributed by atoms with E-state index >= 15 is 0 Å². The van der Waals surface area contributed by atoms with E-state index in [4.69, 9.17) is 5.73 Å². The van der Waals surface area contributed by atoms with Crippen LogP contribution in [0.15, 0.2) is 30.5 Å². The number of carboxylic acid groups (broad SMARTS) is 1. The molecule has 0 amide bonds. The summed E-state index contributed by atoms with van der Waals surface area (Å²) in [7, 11) is 0. The van der Waals surface area contributed by atoms with Crippen molar-refractivity contribution in [2.75, 3.05) is 5.32 Å². The Balaban J connectivity index is 1.56. The first-order chi connectivity index (χ1) is 13.9. The fourth-order valence-electron chi connectivity index (χ4n) is 3.94. The molecule has 3 aromatic rings. The molecule has 5 N–H and O–H groups in total. The smallest absolute Gasteiger partial charge is 0.337 e. The van der Waals surface area contributed by atoms with Gasteiger partial charge in [0, 0.05) is 23.9 Å². The molecule has 2 heterocycles. The van der Waals surface area contributed by atoms with E-state index in [9.17, 15) is 14.3 Å². The highest BCUT2D eigenvalue weighted by Crippen LogP contribution is 2.40. The summed E-state index contributed by atoms with van der Waals surface area (Å²) in [6, 6.07) is 6.29. The van der Waals surface area contributed by atoms with Crippen molar-refractivity contribution < 1.29 is 14.3 Å². The number of para-hydroxylation sites is 1. The van der Waals surface area contributed by atoms with E-state index in [1.54, 1.807) is 24.4 Å². The summed E-state index contributed by atoms with van der Waals surface area (Å²) in [4.78, 5) is 24.1. The minimum absolute atomic E-state index is 0.257. The molecule has 29 heavy (non-hydrogen) atoms. The molecule has 2 aliphatic rings. The number of anilines is 2. The predicted octanol–water partition coefficient (Wildman–Crippen LogP) is 3.19. The van der Waals surface area contributed by atoms with Crippen LogP contribution in [0.3, 0.4) is 0 Å². The van der Waals surface area contributed by atoms with Crippen LogP contribution in [-0.2, 0) is 19.3 Å². The Labute approximate surface area is 166 Å². The van der Waals surface area contributed by atoms with Gasteiger partial charge in [-0.3, -0.25) is 0 Å². The molecule has 8 heteroatoms. The second-order valence-electron chi connectivity index (χ2n) is 7.85. The van der Waals surface area contributed by atoms with Gasteiger partial charge in [0.05, 0.1) is 22.6 Å². The van der Waals surface area contributed by atoms with Crippen molar-refractivity contribution in [1.82, 2.24) is 15.0 Å². The molecule has 0 radical (unpaired) electrons. The maximum Gasteiger partial charge on any atom is 0.337 e. The van der Waals surface area contributed by atoms with Gasteiger partial charge in [-0.05, 0) is 48.9 Å². The number of carboxylic acids is 1. The second-order valence-corrected chi connectivity index (χ2v) is 7.85. The average molecular weight is 393 g/mol. The number of aromatic carboxylic acids is 1. The maximum atomic E-state index is 14.0. The minimum atomic E-state index is -0.955. The van der Waals surface area contributed by atoms with E-state index in [2.05, 4.69) is 20.3 Å². The number of H-pyrrole nitrogens is 1. The number of aryl methyl sites for hydroxylation is 1. The molecule has 2 aliphatic carbocycles. The first-order valence-corrected chi connectivity index (χ1v) is 9.57. The Kier molecular flexibility index (Phi) is 3.92. The third-order valence-electron chi connectivity index (χ3n) is 5.68. The van der Waals surface area contributed by atoms with Gasteiger partial charge < -0.3 is 21.1 Å². The first kappa shape index (κ1) is 17.8. The van der Waals surface area contributed by atoms with E-state index in [0.717, 1.165) is 24.0 Å². The lowest BCUT2D eigenvalue weighted by Crippen LogP contribution is -2.25. The number of fused-ring (bicyclic) bond motifs is 3. The van der Waals surface area contributed by atoms with Crippen LogP contribution in [0.5, 0.6) is 0 Å². The molecular weight excluding hydrogens is 373 g/mol. The number of rotatable bonds is 5. The van der Waals surface area contributed by atoms with Crippen LogP contribution >= 0.6 is 0 Å². The van der Waals surface area contributed by atoms with E-state index in [1.165, 1.54) is 6.07 Å². The Hall–Kier alpha value is -3.26. The van der Waals surface area contributed by atoms with Crippen LogP contribution in [0.4, 0.5) is 16.0 Å². The van der Waals surface area contributed by atoms with Gasteiger partial charge in [-0.2, -0.15) is 0 Å². The van der Waals surface area contributed by atoms with Crippen molar-refractivity contribution in [3.8, 4) is 11.4 Å². The van der Waals surface area contributed by atoms with Gasteiger partial charge in [-0.1, -0.05) is 12.1 Å². The number of halogens is 1. The lowest BCUT2D eigenvalue weighted by molar-refractivity contribution is 0.0694. The molecule has 1 fully saturated rings. The standard InChI is InChI=1S/C21H20FN5O2/c22-13-3-1-2-4-14(13)26-20-24-10-11-5-6-12-16(19(28)29)15(9-21(23)7-8-21)25-18(12)17(11)27-20/h1-4,10,25H,5-9,23H2,(H,28,29)(H,24,26,27). The first-order valence-electron chi connectivity index (χ1n) is 9.57. The lowest BCUT2D eigenvalue weighted by Gasteiger charge is -2.16. The molecule has 7 nitrogen and oxygen atoms in total. The van der Waals surface area contributed by atoms with Crippen LogP contribution in [0.25, 0.3) is 11.4 Å². The highest BCUT2D eigenvalue weighted by Gasteiger charge is 2.41.